The number of esters is 1. The van der Waals surface area contributed by atoms with Crippen molar-refractivity contribution in [2.45, 2.75) is 26.8 Å². The molecule has 0 amide bonds. The van der Waals surface area contributed by atoms with Crippen LogP contribution in [0.2, 0.25) is 0 Å². The van der Waals surface area contributed by atoms with Gasteiger partial charge in [0.25, 0.3) is 0 Å². The fourth-order valence-electron chi connectivity index (χ4n) is 1.45. The minimum absolute atomic E-state index is 0.00812. The van der Waals surface area contributed by atoms with E-state index in [2.05, 4.69) is 9.72 Å². The summed E-state index contributed by atoms with van der Waals surface area (Å²) in [4.78, 5) is 15.2. The van der Waals surface area contributed by atoms with Crippen LogP contribution in [0.15, 0.2) is 6.20 Å². The Morgan fingerprint density at radius 2 is 2.11 bits per heavy atom. The van der Waals surface area contributed by atoms with Crippen LogP contribution in [-0.2, 0) is 11.3 Å². The zero-order valence-electron chi connectivity index (χ0n) is 10.4. The summed E-state index contributed by atoms with van der Waals surface area (Å²) in [5, 5.41) is 0. The van der Waals surface area contributed by atoms with Gasteiger partial charge in [-0.15, -0.1) is 13.2 Å². The van der Waals surface area contributed by atoms with E-state index in [9.17, 15) is 18.0 Å². The molecule has 106 valence electrons. The maximum atomic E-state index is 12.3. The highest BCUT2D eigenvalue weighted by molar-refractivity contribution is 5.91. The molecule has 0 spiro atoms. The zero-order valence-corrected chi connectivity index (χ0v) is 10.4. The fourth-order valence-corrected chi connectivity index (χ4v) is 1.45. The lowest BCUT2D eigenvalue weighted by molar-refractivity contribution is -0.275. The Labute approximate surface area is 107 Å². The Morgan fingerprint density at radius 1 is 1.47 bits per heavy atom. The molecule has 0 aliphatic rings. The maximum absolute atomic E-state index is 12.3. The molecule has 1 rings (SSSR count). The predicted octanol–water partition coefficient (Wildman–Crippen LogP) is 1.92. The molecule has 19 heavy (non-hydrogen) atoms. The van der Waals surface area contributed by atoms with Crippen molar-refractivity contribution < 1.29 is 27.4 Å². The number of pyridine rings is 1. The van der Waals surface area contributed by atoms with Crippen LogP contribution in [0.1, 0.15) is 28.5 Å². The zero-order chi connectivity index (χ0) is 14.6. The third kappa shape index (κ3) is 3.82. The van der Waals surface area contributed by atoms with Gasteiger partial charge in [0.15, 0.2) is 5.75 Å². The summed E-state index contributed by atoms with van der Waals surface area (Å²) in [7, 11) is 0. The topological polar surface area (TPSA) is 74.4 Å². The molecule has 0 aliphatic heterocycles. The second kappa shape index (κ2) is 5.87. The molecule has 0 aromatic carbocycles. The molecule has 0 fully saturated rings. The molecule has 2 N–H and O–H groups in total. The Bertz CT molecular complexity index is 475. The van der Waals surface area contributed by atoms with Crippen molar-refractivity contribution in [2.24, 2.45) is 5.73 Å². The van der Waals surface area contributed by atoms with Gasteiger partial charge in [-0.1, -0.05) is 0 Å². The summed E-state index contributed by atoms with van der Waals surface area (Å²) in [6.45, 7) is 2.76. The average Bonchev–Trinajstić information content (AvgIpc) is 2.30. The van der Waals surface area contributed by atoms with E-state index >= 15 is 0 Å². The van der Waals surface area contributed by atoms with Gasteiger partial charge in [-0.2, -0.15) is 0 Å². The number of nitrogens with zero attached hydrogens (tertiary/aromatic N) is 1. The van der Waals surface area contributed by atoms with Crippen molar-refractivity contribution in [1.29, 1.82) is 0 Å². The van der Waals surface area contributed by atoms with E-state index in [-0.39, 0.29) is 30.0 Å². The lowest BCUT2D eigenvalue weighted by Gasteiger charge is -2.16. The Balaban J connectivity index is 3.25. The first-order chi connectivity index (χ1) is 8.80. The van der Waals surface area contributed by atoms with Crippen molar-refractivity contribution in [3.8, 4) is 5.75 Å². The first-order valence-corrected chi connectivity index (χ1v) is 5.41. The lowest BCUT2D eigenvalue weighted by atomic mass is 10.1. The number of ether oxygens (including phenoxy) is 2. The van der Waals surface area contributed by atoms with Gasteiger partial charge in [-0.05, 0) is 13.8 Å². The van der Waals surface area contributed by atoms with Crippen LogP contribution in [0.25, 0.3) is 0 Å². The molecule has 0 aliphatic carbocycles. The molecular formula is C11H13F3N2O3. The number of carbonyl (C=O) groups excluding carboxylic acids is 1. The molecule has 1 aromatic rings. The molecule has 0 unspecified atom stereocenters. The molecule has 0 radical (unpaired) electrons. The number of carbonyl (C=O) groups is 1. The number of nitrogens with two attached hydrogens (primary N) is 1. The van der Waals surface area contributed by atoms with Crippen molar-refractivity contribution in [3.05, 3.63) is 23.0 Å². The van der Waals surface area contributed by atoms with E-state index in [1.54, 1.807) is 6.92 Å². The predicted molar refractivity (Wildman–Crippen MR) is 59.5 cm³/mol. The first kappa shape index (κ1) is 15.2. The molecule has 1 heterocycles. The molecule has 0 saturated carbocycles. The van der Waals surface area contributed by atoms with E-state index in [1.165, 1.54) is 6.92 Å². The van der Waals surface area contributed by atoms with Crippen LogP contribution in [0, 0.1) is 6.92 Å². The summed E-state index contributed by atoms with van der Waals surface area (Å²) in [6.07, 6.45) is -3.76. The van der Waals surface area contributed by atoms with E-state index in [0.29, 0.717) is 0 Å². The molecule has 1 aromatic heterocycles. The van der Waals surface area contributed by atoms with Gasteiger partial charge >= 0.3 is 12.3 Å². The summed E-state index contributed by atoms with van der Waals surface area (Å²) >= 11 is 0. The highest BCUT2D eigenvalue weighted by Crippen LogP contribution is 2.30. The van der Waals surface area contributed by atoms with Gasteiger partial charge in [-0.25, -0.2) is 4.79 Å². The van der Waals surface area contributed by atoms with Crippen molar-refractivity contribution >= 4 is 5.97 Å². The van der Waals surface area contributed by atoms with Gasteiger partial charge < -0.3 is 15.2 Å². The van der Waals surface area contributed by atoms with E-state index in [4.69, 9.17) is 10.5 Å². The van der Waals surface area contributed by atoms with Gasteiger partial charge in [0.05, 0.1) is 17.9 Å². The summed E-state index contributed by atoms with van der Waals surface area (Å²) in [5.74, 6) is -1.32. The standard InChI is InChI=1S/C11H13F3N2O3/c1-3-18-10(17)7-5-16-8(4-15)9(6(7)2)19-11(12,13)14/h5H,3-4,15H2,1-2H3. The van der Waals surface area contributed by atoms with Gasteiger partial charge in [-0.3, -0.25) is 4.98 Å². The van der Waals surface area contributed by atoms with Crippen molar-refractivity contribution in [1.82, 2.24) is 4.98 Å². The highest BCUT2D eigenvalue weighted by Gasteiger charge is 2.34. The molecule has 0 atom stereocenters. The monoisotopic (exact) mass is 278 g/mol. The number of rotatable bonds is 4. The number of hydrogen-bond donors (Lipinski definition) is 1. The molecule has 0 saturated heterocycles. The molecular weight excluding hydrogens is 265 g/mol. The minimum Gasteiger partial charge on any atom is -0.462 e. The normalized spacial score (nSPS) is 11.3. The molecule has 0 bridgehead atoms. The summed E-state index contributed by atoms with van der Waals surface area (Å²) in [6, 6.07) is 0. The number of hydrogen-bond acceptors (Lipinski definition) is 5. The third-order valence-electron chi connectivity index (χ3n) is 2.26. The van der Waals surface area contributed by atoms with E-state index < -0.39 is 18.1 Å². The maximum Gasteiger partial charge on any atom is 0.573 e. The van der Waals surface area contributed by atoms with Gasteiger partial charge in [0.1, 0.15) is 0 Å². The molecule has 8 heteroatoms. The summed E-state index contributed by atoms with van der Waals surface area (Å²) < 4.78 is 45.5. The highest BCUT2D eigenvalue weighted by atomic mass is 19.4. The van der Waals surface area contributed by atoms with Gasteiger partial charge in [0.2, 0.25) is 0 Å². The van der Waals surface area contributed by atoms with Crippen LogP contribution in [0.5, 0.6) is 5.75 Å². The third-order valence-corrected chi connectivity index (χ3v) is 2.26. The van der Waals surface area contributed by atoms with Crippen LogP contribution in [-0.4, -0.2) is 23.9 Å². The van der Waals surface area contributed by atoms with E-state index in [1.807, 2.05) is 0 Å². The van der Waals surface area contributed by atoms with Crippen molar-refractivity contribution in [3.63, 3.8) is 0 Å². The average molecular weight is 278 g/mol. The smallest absolute Gasteiger partial charge is 0.462 e. The largest absolute Gasteiger partial charge is 0.573 e. The Kier molecular flexibility index (Phi) is 4.71. The van der Waals surface area contributed by atoms with Gasteiger partial charge in [0, 0.05) is 18.3 Å². The quantitative estimate of drug-likeness (QED) is 0.852. The first-order valence-electron chi connectivity index (χ1n) is 5.41. The van der Waals surface area contributed by atoms with Crippen LogP contribution in [0.4, 0.5) is 13.2 Å². The van der Waals surface area contributed by atoms with E-state index in [0.717, 1.165) is 6.20 Å². The van der Waals surface area contributed by atoms with Crippen molar-refractivity contribution in [2.75, 3.05) is 6.61 Å². The number of aromatic nitrogens is 1. The summed E-state index contributed by atoms with van der Waals surface area (Å²) in [5.41, 5.74) is 5.12. The lowest BCUT2D eigenvalue weighted by Crippen LogP contribution is -2.21. The SMILES string of the molecule is CCOC(=O)c1cnc(CN)c(OC(F)(F)F)c1C. The Hall–Kier alpha value is -1.83. The molecule has 5 nitrogen and oxygen atoms in total. The number of halogens is 3. The minimum atomic E-state index is -4.89. The number of alkyl halides is 3. The van der Waals surface area contributed by atoms with Crippen LogP contribution < -0.4 is 10.5 Å². The van der Waals surface area contributed by atoms with Crippen LogP contribution in [0.3, 0.4) is 0 Å². The fraction of sp³-hybridized carbons (Fsp3) is 0.455. The second-order valence-electron chi connectivity index (χ2n) is 3.55. The van der Waals surface area contributed by atoms with Crippen LogP contribution >= 0.6 is 0 Å². The second-order valence-corrected chi connectivity index (χ2v) is 3.55. The Morgan fingerprint density at radius 3 is 2.58 bits per heavy atom.